The number of halogens is 2. The number of benzene rings is 2. The lowest BCUT2D eigenvalue weighted by Gasteiger charge is -2.20. The van der Waals surface area contributed by atoms with E-state index in [1.807, 2.05) is 18.2 Å². The zero-order valence-corrected chi connectivity index (χ0v) is 13.8. The summed E-state index contributed by atoms with van der Waals surface area (Å²) in [6, 6.07) is 10.8. The lowest BCUT2D eigenvalue weighted by Crippen LogP contribution is -2.17. The topological polar surface area (TPSA) is 47.6 Å². The third-order valence-electron chi connectivity index (χ3n) is 3.44. The molecular formula is C17H15Cl2NO3. The molecule has 1 amide bonds. The maximum atomic E-state index is 12.1. The average molecular weight is 352 g/mol. The van der Waals surface area contributed by atoms with Gasteiger partial charge in [0.25, 0.3) is 0 Å². The smallest absolute Gasteiger partial charge is 0.224 e. The van der Waals surface area contributed by atoms with Crippen LogP contribution in [0.3, 0.4) is 0 Å². The van der Waals surface area contributed by atoms with Crippen LogP contribution in [0, 0.1) is 0 Å². The first kappa shape index (κ1) is 16.0. The van der Waals surface area contributed by atoms with Gasteiger partial charge >= 0.3 is 0 Å². The van der Waals surface area contributed by atoms with Crippen LogP contribution in [-0.2, 0) is 11.2 Å². The number of rotatable bonds is 4. The fourth-order valence-corrected chi connectivity index (χ4v) is 2.74. The number of fused-ring (bicyclic) bond motifs is 1. The highest BCUT2D eigenvalue weighted by atomic mass is 35.5. The fourth-order valence-electron chi connectivity index (χ4n) is 2.32. The second-order valence-corrected chi connectivity index (χ2v) is 6.00. The maximum absolute atomic E-state index is 12.1. The quantitative estimate of drug-likeness (QED) is 0.891. The number of ether oxygens (including phenoxy) is 2. The Labute approximate surface area is 144 Å². The van der Waals surface area contributed by atoms with Crippen LogP contribution < -0.4 is 14.8 Å². The molecule has 3 rings (SSSR count). The number of nitrogens with one attached hydrogen (secondary N) is 1. The average Bonchev–Trinajstić information content (AvgIpc) is 2.54. The van der Waals surface area contributed by atoms with E-state index in [1.165, 1.54) is 0 Å². The van der Waals surface area contributed by atoms with Crippen molar-refractivity contribution < 1.29 is 14.3 Å². The minimum Gasteiger partial charge on any atom is -0.486 e. The van der Waals surface area contributed by atoms with Crippen LogP contribution in [0.1, 0.15) is 12.0 Å². The molecule has 1 N–H and O–H groups in total. The van der Waals surface area contributed by atoms with E-state index in [-0.39, 0.29) is 5.91 Å². The molecule has 0 saturated heterocycles. The van der Waals surface area contributed by atoms with Crippen molar-refractivity contribution in [1.82, 2.24) is 0 Å². The van der Waals surface area contributed by atoms with Gasteiger partial charge in [0.05, 0.1) is 10.7 Å². The lowest BCUT2D eigenvalue weighted by molar-refractivity contribution is -0.116. The Morgan fingerprint density at radius 2 is 1.83 bits per heavy atom. The number of carbonyl (C=O) groups is 1. The summed E-state index contributed by atoms with van der Waals surface area (Å²) < 4.78 is 10.9. The van der Waals surface area contributed by atoms with Crippen molar-refractivity contribution >= 4 is 34.8 Å². The third-order valence-corrected chi connectivity index (χ3v) is 3.98. The molecule has 0 saturated carbocycles. The number of aryl methyl sites for hydroxylation is 1. The first-order chi connectivity index (χ1) is 11.1. The van der Waals surface area contributed by atoms with E-state index in [4.69, 9.17) is 32.7 Å². The summed E-state index contributed by atoms with van der Waals surface area (Å²) in [7, 11) is 0. The maximum Gasteiger partial charge on any atom is 0.224 e. The van der Waals surface area contributed by atoms with E-state index in [1.54, 1.807) is 18.2 Å². The number of hydrogen-bond acceptors (Lipinski definition) is 3. The van der Waals surface area contributed by atoms with Gasteiger partial charge in [0.2, 0.25) is 5.91 Å². The van der Waals surface area contributed by atoms with E-state index in [0.29, 0.717) is 53.3 Å². The lowest BCUT2D eigenvalue weighted by atomic mass is 10.1. The molecule has 0 atom stereocenters. The SMILES string of the molecule is O=C(CCc1cccc(Cl)c1)Nc1cc2c(cc1Cl)OCCO2. The van der Waals surface area contributed by atoms with E-state index in [2.05, 4.69) is 5.32 Å². The van der Waals surface area contributed by atoms with Gasteiger partial charge in [-0.25, -0.2) is 0 Å². The van der Waals surface area contributed by atoms with Gasteiger partial charge in [0.1, 0.15) is 13.2 Å². The van der Waals surface area contributed by atoms with E-state index >= 15 is 0 Å². The molecule has 0 fully saturated rings. The summed E-state index contributed by atoms with van der Waals surface area (Å²) in [4.78, 5) is 12.1. The molecule has 0 unspecified atom stereocenters. The zero-order chi connectivity index (χ0) is 16.2. The standard InChI is InChI=1S/C17H15Cl2NO3/c18-12-3-1-2-11(8-12)4-5-17(21)20-14-10-16-15(9-13(14)19)22-6-7-23-16/h1-3,8-10H,4-7H2,(H,20,21). The molecule has 1 heterocycles. The second-order valence-electron chi connectivity index (χ2n) is 5.15. The molecule has 0 bridgehead atoms. The number of anilines is 1. The molecule has 6 heteroatoms. The molecule has 1 aliphatic heterocycles. The highest BCUT2D eigenvalue weighted by Crippen LogP contribution is 2.38. The van der Waals surface area contributed by atoms with E-state index in [9.17, 15) is 4.79 Å². The Balaban J connectivity index is 1.63. The molecule has 120 valence electrons. The van der Waals surface area contributed by atoms with Crippen LogP contribution in [0.25, 0.3) is 0 Å². The molecule has 1 aliphatic rings. The van der Waals surface area contributed by atoms with Crippen molar-refractivity contribution in [2.75, 3.05) is 18.5 Å². The largest absolute Gasteiger partial charge is 0.486 e. The number of amides is 1. The Morgan fingerprint density at radius 3 is 2.57 bits per heavy atom. The van der Waals surface area contributed by atoms with Crippen molar-refractivity contribution in [3.05, 3.63) is 52.0 Å². The number of hydrogen-bond donors (Lipinski definition) is 1. The minimum atomic E-state index is -0.122. The molecular weight excluding hydrogens is 337 g/mol. The molecule has 0 radical (unpaired) electrons. The fraction of sp³-hybridized carbons (Fsp3) is 0.235. The van der Waals surface area contributed by atoms with Crippen molar-refractivity contribution in [2.24, 2.45) is 0 Å². The summed E-state index contributed by atoms with van der Waals surface area (Å²) in [5, 5.41) is 3.89. The molecule has 0 aliphatic carbocycles. The van der Waals surface area contributed by atoms with Crippen LogP contribution in [0.5, 0.6) is 11.5 Å². The van der Waals surface area contributed by atoms with E-state index < -0.39 is 0 Å². The highest BCUT2D eigenvalue weighted by molar-refractivity contribution is 6.34. The summed E-state index contributed by atoms with van der Waals surface area (Å²) in [5.74, 6) is 1.06. The van der Waals surface area contributed by atoms with Crippen molar-refractivity contribution in [1.29, 1.82) is 0 Å². The zero-order valence-electron chi connectivity index (χ0n) is 12.3. The Bertz CT molecular complexity index is 734. The predicted molar refractivity (Wildman–Crippen MR) is 90.8 cm³/mol. The van der Waals surface area contributed by atoms with Gasteiger partial charge in [-0.2, -0.15) is 0 Å². The molecule has 4 nitrogen and oxygen atoms in total. The number of carbonyl (C=O) groups excluding carboxylic acids is 1. The molecule has 2 aromatic carbocycles. The molecule has 0 spiro atoms. The summed E-state index contributed by atoms with van der Waals surface area (Å²) in [6.45, 7) is 0.978. The Kier molecular flexibility index (Phi) is 4.94. The van der Waals surface area contributed by atoms with E-state index in [0.717, 1.165) is 5.56 Å². The Morgan fingerprint density at radius 1 is 1.09 bits per heavy atom. The van der Waals surface area contributed by atoms with Gasteiger partial charge in [0, 0.05) is 23.6 Å². The summed E-state index contributed by atoms with van der Waals surface area (Å²) in [5.41, 5.74) is 1.54. The molecule has 23 heavy (non-hydrogen) atoms. The van der Waals surface area contributed by atoms with Crippen LogP contribution in [0.2, 0.25) is 10.0 Å². The van der Waals surface area contributed by atoms with Crippen molar-refractivity contribution in [2.45, 2.75) is 12.8 Å². The van der Waals surface area contributed by atoms with Crippen LogP contribution in [-0.4, -0.2) is 19.1 Å². The van der Waals surface area contributed by atoms with Gasteiger partial charge < -0.3 is 14.8 Å². The third kappa shape index (κ3) is 4.09. The van der Waals surface area contributed by atoms with Crippen LogP contribution in [0.15, 0.2) is 36.4 Å². The monoisotopic (exact) mass is 351 g/mol. The minimum absolute atomic E-state index is 0.122. The van der Waals surface area contributed by atoms with Crippen LogP contribution in [0.4, 0.5) is 5.69 Å². The van der Waals surface area contributed by atoms with Crippen molar-refractivity contribution in [3.63, 3.8) is 0 Å². The summed E-state index contributed by atoms with van der Waals surface area (Å²) >= 11 is 12.1. The van der Waals surface area contributed by atoms with Crippen LogP contribution >= 0.6 is 23.2 Å². The van der Waals surface area contributed by atoms with Gasteiger partial charge in [-0.1, -0.05) is 35.3 Å². The first-order valence-electron chi connectivity index (χ1n) is 7.25. The molecule has 0 aromatic heterocycles. The second kappa shape index (κ2) is 7.11. The molecule has 2 aromatic rings. The Hall–Kier alpha value is -1.91. The first-order valence-corrected chi connectivity index (χ1v) is 8.01. The normalized spacial score (nSPS) is 12.8. The van der Waals surface area contributed by atoms with Crippen molar-refractivity contribution in [3.8, 4) is 11.5 Å². The van der Waals surface area contributed by atoms with Gasteiger partial charge in [-0.3, -0.25) is 4.79 Å². The summed E-state index contributed by atoms with van der Waals surface area (Å²) in [6.07, 6.45) is 0.944. The van der Waals surface area contributed by atoms with Gasteiger partial charge in [-0.15, -0.1) is 0 Å². The predicted octanol–water partition coefficient (Wildman–Crippen LogP) is 4.34. The van der Waals surface area contributed by atoms with Gasteiger partial charge in [0.15, 0.2) is 11.5 Å². The van der Waals surface area contributed by atoms with Gasteiger partial charge in [-0.05, 0) is 24.1 Å². The highest BCUT2D eigenvalue weighted by Gasteiger charge is 2.16.